The summed E-state index contributed by atoms with van der Waals surface area (Å²) in [6.45, 7) is 0. The number of nitrogens with zero attached hydrogens (tertiary/aromatic N) is 1. The summed E-state index contributed by atoms with van der Waals surface area (Å²) in [5.74, 6) is -0.951. The lowest BCUT2D eigenvalue weighted by molar-refractivity contribution is -0.121. The highest BCUT2D eigenvalue weighted by Crippen LogP contribution is 2.39. The van der Waals surface area contributed by atoms with Crippen molar-refractivity contribution in [1.29, 1.82) is 0 Å². The summed E-state index contributed by atoms with van der Waals surface area (Å²) < 4.78 is 23.5. The van der Waals surface area contributed by atoms with Gasteiger partial charge < -0.3 is 5.32 Å². The van der Waals surface area contributed by atoms with Gasteiger partial charge in [-0.15, -0.1) is 0 Å². The Morgan fingerprint density at radius 1 is 1.03 bits per heavy atom. The van der Waals surface area contributed by atoms with Crippen LogP contribution in [0.2, 0.25) is 5.02 Å². The van der Waals surface area contributed by atoms with E-state index in [-0.39, 0.29) is 10.6 Å². The summed E-state index contributed by atoms with van der Waals surface area (Å²) in [5.41, 5.74) is 1.77. The third-order valence-electron chi connectivity index (χ3n) is 4.98. The summed E-state index contributed by atoms with van der Waals surface area (Å²) >= 11 is 6.17. The molecular formula is C23H18ClN3O4S. The summed E-state index contributed by atoms with van der Waals surface area (Å²) in [4.78, 5) is 27.5. The van der Waals surface area contributed by atoms with Crippen molar-refractivity contribution in [2.45, 2.75) is 10.9 Å². The SMILES string of the molecule is NS(=O)(=O)c1ccc2c(c1)NC(=O)C(c1ccccc1)N2C(=O)/C=C/c1ccccc1Cl. The van der Waals surface area contributed by atoms with Crippen LogP contribution in [0.25, 0.3) is 6.08 Å². The van der Waals surface area contributed by atoms with E-state index in [9.17, 15) is 18.0 Å². The van der Waals surface area contributed by atoms with Gasteiger partial charge in [-0.2, -0.15) is 0 Å². The van der Waals surface area contributed by atoms with Gasteiger partial charge in [0.2, 0.25) is 10.0 Å². The highest BCUT2D eigenvalue weighted by Gasteiger charge is 2.37. The zero-order valence-electron chi connectivity index (χ0n) is 16.6. The minimum Gasteiger partial charge on any atom is -0.322 e. The average Bonchev–Trinajstić information content (AvgIpc) is 2.77. The van der Waals surface area contributed by atoms with Crippen LogP contribution in [0.15, 0.2) is 83.8 Å². The van der Waals surface area contributed by atoms with Gasteiger partial charge in [0.1, 0.15) is 6.04 Å². The van der Waals surface area contributed by atoms with Crippen LogP contribution in [0.3, 0.4) is 0 Å². The van der Waals surface area contributed by atoms with Gasteiger partial charge in [-0.05, 0) is 41.5 Å². The highest BCUT2D eigenvalue weighted by atomic mass is 35.5. The lowest BCUT2D eigenvalue weighted by atomic mass is 10.00. The van der Waals surface area contributed by atoms with Gasteiger partial charge in [-0.3, -0.25) is 14.5 Å². The molecule has 1 aliphatic heterocycles. The predicted molar refractivity (Wildman–Crippen MR) is 124 cm³/mol. The van der Waals surface area contributed by atoms with Crippen LogP contribution in [0.4, 0.5) is 11.4 Å². The van der Waals surface area contributed by atoms with Gasteiger partial charge in [0.05, 0.1) is 16.3 Å². The topological polar surface area (TPSA) is 110 Å². The first-order valence-electron chi connectivity index (χ1n) is 9.54. The van der Waals surface area contributed by atoms with Crippen molar-refractivity contribution in [3.8, 4) is 0 Å². The number of carbonyl (C=O) groups is 2. The molecule has 0 radical (unpaired) electrons. The van der Waals surface area contributed by atoms with Gasteiger partial charge in [0, 0.05) is 11.1 Å². The van der Waals surface area contributed by atoms with E-state index in [4.69, 9.17) is 16.7 Å². The van der Waals surface area contributed by atoms with Gasteiger partial charge in [0.25, 0.3) is 11.8 Å². The Balaban J connectivity index is 1.82. The molecule has 0 bridgehead atoms. The monoisotopic (exact) mass is 467 g/mol. The van der Waals surface area contributed by atoms with Crippen LogP contribution in [0.1, 0.15) is 17.2 Å². The number of rotatable bonds is 4. The Hall–Kier alpha value is -3.46. The van der Waals surface area contributed by atoms with E-state index in [2.05, 4.69) is 5.32 Å². The molecule has 1 aliphatic rings. The van der Waals surface area contributed by atoms with Crippen molar-refractivity contribution < 1.29 is 18.0 Å². The first-order chi connectivity index (χ1) is 15.3. The molecule has 0 spiro atoms. The Bertz CT molecular complexity index is 1340. The van der Waals surface area contributed by atoms with Gasteiger partial charge in [-0.25, -0.2) is 13.6 Å². The zero-order valence-corrected chi connectivity index (χ0v) is 18.2. The largest absolute Gasteiger partial charge is 0.322 e. The van der Waals surface area contributed by atoms with Gasteiger partial charge >= 0.3 is 0 Å². The summed E-state index contributed by atoms with van der Waals surface area (Å²) in [7, 11) is -3.99. The zero-order chi connectivity index (χ0) is 22.9. The molecule has 2 amide bonds. The van der Waals surface area contributed by atoms with E-state index in [1.54, 1.807) is 60.7 Å². The lowest BCUT2D eigenvalue weighted by Crippen LogP contribution is -2.44. The van der Waals surface area contributed by atoms with Crippen molar-refractivity contribution >= 4 is 50.9 Å². The maximum Gasteiger partial charge on any atom is 0.252 e. The maximum atomic E-state index is 13.3. The van der Waals surface area contributed by atoms with E-state index in [0.717, 1.165) is 0 Å². The summed E-state index contributed by atoms with van der Waals surface area (Å²) in [6.07, 6.45) is 2.89. The molecule has 3 aromatic rings. The molecule has 0 saturated heterocycles. The maximum absolute atomic E-state index is 13.3. The molecule has 0 fully saturated rings. The van der Waals surface area contributed by atoms with E-state index < -0.39 is 27.9 Å². The van der Waals surface area contributed by atoms with Crippen LogP contribution >= 0.6 is 11.6 Å². The summed E-state index contributed by atoms with van der Waals surface area (Å²) in [6, 6.07) is 18.9. The molecule has 1 heterocycles. The van der Waals surface area contributed by atoms with Crippen LogP contribution in [-0.2, 0) is 19.6 Å². The molecule has 0 saturated carbocycles. The fourth-order valence-electron chi connectivity index (χ4n) is 3.49. The second-order valence-corrected chi connectivity index (χ2v) is 9.06. The molecule has 9 heteroatoms. The number of halogens is 1. The number of anilines is 2. The number of primary sulfonamides is 1. The molecule has 0 aromatic heterocycles. The van der Waals surface area contributed by atoms with Crippen molar-refractivity contribution in [3.63, 3.8) is 0 Å². The average molecular weight is 468 g/mol. The number of carbonyl (C=O) groups excluding carboxylic acids is 2. The second kappa shape index (κ2) is 8.58. The fraction of sp³-hybridized carbons (Fsp3) is 0.0435. The van der Waals surface area contributed by atoms with Crippen molar-refractivity contribution in [2.75, 3.05) is 10.2 Å². The van der Waals surface area contributed by atoms with Gasteiger partial charge in [-0.1, -0.05) is 60.1 Å². The molecule has 1 unspecified atom stereocenters. The predicted octanol–water partition coefficient (Wildman–Crippen LogP) is 3.73. The summed E-state index contributed by atoms with van der Waals surface area (Å²) in [5, 5.41) is 8.39. The molecule has 4 rings (SSSR count). The third-order valence-corrected chi connectivity index (χ3v) is 6.24. The second-order valence-electron chi connectivity index (χ2n) is 7.09. The van der Waals surface area contributed by atoms with Crippen molar-refractivity contribution in [2.24, 2.45) is 5.14 Å². The van der Waals surface area contributed by atoms with Crippen LogP contribution in [-0.4, -0.2) is 20.2 Å². The number of nitrogens with two attached hydrogens (primary N) is 1. The molecular weight excluding hydrogens is 450 g/mol. The number of sulfonamides is 1. The molecule has 32 heavy (non-hydrogen) atoms. The minimum absolute atomic E-state index is 0.172. The van der Waals surface area contributed by atoms with Crippen LogP contribution < -0.4 is 15.4 Å². The highest BCUT2D eigenvalue weighted by molar-refractivity contribution is 7.89. The Morgan fingerprint density at radius 2 is 1.72 bits per heavy atom. The Labute approximate surface area is 190 Å². The van der Waals surface area contributed by atoms with E-state index in [0.29, 0.717) is 21.8 Å². The number of amides is 2. The quantitative estimate of drug-likeness (QED) is 0.569. The number of hydrogen-bond donors (Lipinski definition) is 2. The molecule has 1 atom stereocenters. The minimum atomic E-state index is -3.99. The van der Waals surface area contributed by atoms with E-state index in [1.165, 1.54) is 29.2 Å². The fourth-order valence-corrected chi connectivity index (χ4v) is 4.23. The molecule has 162 valence electrons. The molecule has 3 N–H and O–H groups in total. The number of fused-ring (bicyclic) bond motifs is 1. The van der Waals surface area contributed by atoms with E-state index >= 15 is 0 Å². The molecule has 7 nitrogen and oxygen atoms in total. The molecule has 3 aromatic carbocycles. The standard InChI is InChI=1S/C23H18ClN3O4S/c24-18-9-5-4-6-15(18)10-13-21(28)27-20-12-11-17(32(25,30)31)14-19(20)26-23(29)22(27)16-7-2-1-3-8-16/h1-14,22H,(H,26,29)(H2,25,30,31)/b13-10+. The number of hydrogen-bond acceptors (Lipinski definition) is 4. The van der Waals surface area contributed by atoms with E-state index in [1.807, 2.05) is 0 Å². The third kappa shape index (κ3) is 4.29. The number of nitrogens with one attached hydrogen (secondary N) is 1. The first kappa shape index (κ1) is 21.8. The smallest absolute Gasteiger partial charge is 0.252 e. The van der Waals surface area contributed by atoms with Crippen molar-refractivity contribution in [1.82, 2.24) is 0 Å². The van der Waals surface area contributed by atoms with Gasteiger partial charge in [0.15, 0.2) is 0 Å². The lowest BCUT2D eigenvalue weighted by Gasteiger charge is -2.36. The first-order valence-corrected chi connectivity index (χ1v) is 11.5. The Kier molecular flexibility index (Phi) is 5.84. The van der Waals surface area contributed by atoms with Crippen molar-refractivity contribution in [3.05, 3.63) is 95.0 Å². The normalized spacial score (nSPS) is 16.0. The Morgan fingerprint density at radius 3 is 2.41 bits per heavy atom. The van der Waals surface area contributed by atoms with Crippen LogP contribution in [0, 0.1) is 0 Å². The number of benzene rings is 3. The van der Waals surface area contributed by atoms with Crippen LogP contribution in [0.5, 0.6) is 0 Å². The molecule has 0 aliphatic carbocycles.